The number of carbonyl (C=O) groups is 3. The Morgan fingerprint density at radius 1 is 0.714 bits per heavy atom. The second-order valence-corrected chi connectivity index (χ2v) is 5.90. The summed E-state index contributed by atoms with van der Waals surface area (Å²) >= 11 is 0. The van der Waals surface area contributed by atoms with Crippen molar-refractivity contribution < 1.29 is 34.1 Å². The van der Waals surface area contributed by atoms with Crippen molar-refractivity contribution in [2.45, 2.75) is 25.0 Å². The maximum absolute atomic E-state index is 13.7. The van der Waals surface area contributed by atoms with Gasteiger partial charge in [0.2, 0.25) is 5.78 Å². The number of carboxylic acid groups (broad SMARTS) is 2. The Morgan fingerprint density at radius 3 is 1.29 bits per heavy atom. The Morgan fingerprint density at radius 2 is 1.04 bits per heavy atom. The monoisotopic (exact) mass is 386 g/mol. The van der Waals surface area contributed by atoms with Gasteiger partial charge in [-0.15, -0.1) is 0 Å². The number of rotatable bonds is 10. The minimum Gasteiger partial charge on any atom is -0.478 e. The highest BCUT2D eigenvalue weighted by atomic mass is 16.6. The van der Waals surface area contributed by atoms with Gasteiger partial charge in [0.25, 0.3) is 11.2 Å². The van der Waals surface area contributed by atoms with Gasteiger partial charge in [0.15, 0.2) is 0 Å². The molecule has 148 valence electrons. The first-order chi connectivity index (χ1) is 13.4. The number of aliphatic carboxylic acids is 2. The Hall–Kier alpha value is -3.03. The second-order valence-electron chi connectivity index (χ2n) is 5.90. The van der Waals surface area contributed by atoms with Gasteiger partial charge >= 0.3 is 11.9 Å². The summed E-state index contributed by atoms with van der Waals surface area (Å²) in [4.78, 5) is 38.5. The fourth-order valence-electron chi connectivity index (χ4n) is 3.15. The zero-order valence-corrected chi connectivity index (χ0v) is 15.6. The lowest BCUT2D eigenvalue weighted by Gasteiger charge is -2.37. The summed E-state index contributed by atoms with van der Waals surface area (Å²) in [5.41, 5.74) is -5.09. The second kappa shape index (κ2) is 8.77. The van der Waals surface area contributed by atoms with Crippen LogP contribution in [0.4, 0.5) is 0 Å². The van der Waals surface area contributed by atoms with E-state index < -0.39 is 28.9 Å². The summed E-state index contributed by atoms with van der Waals surface area (Å²) in [6.45, 7) is 2.78. The fraction of sp³-hybridized carbons (Fsp3) is 0.286. The molecule has 0 aromatic heterocycles. The maximum Gasteiger partial charge on any atom is 0.348 e. The van der Waals surface area contributed by atoms with E-state index in [2.05, 4.69) is 0 Å². The molecule has 28 heavy (non-hydrogen) atoms. The normalized spacial score (nSPS) is 15.2. The van der Waals surface area contributed by atoms with Crippen molar-refractivity contribution in [1.29, 1.82) is 0 Å². The SMILES string of the molecule is CCOC(C(=O)O)(C(=O)C(OCC)(C(=O)O)c1ccccc1)c1ccccc1. The highest BCUT2D eigenvalue weighted by Crippen LogP contribution is 2.39. The molecular formula is C21H22O7. The number of carboxylic acids is 2. The van der Waals surface area contributed by atoms with Gasteiger partial charge in [0, 0.05) is 24.3 Å². The van der Waals surface area contributed by atoms with Crippen LogP contribution < -0.4 is 0 Å². The molecule has 7 nitrogen and oxygen atoms in total. The van der Waals surface area contributed by atoms with Crippen LogP contribution in [0.3, 0.4) is 0 Å². The van der Waals surface area contributed by atoms with Gasteiger partial charge in [-0.05, 0) is 13.8 Å². The van der Waals surface area contributed by atoms with Crippen LogP contribution in [-0.2, 0) is 35.1 Å². The van der Waals surface area contributed by atoms with E-state index in [1.807, 2.05) is 0 Å². The van der Waals surface area contributed by atoms with Crippen LogP contribution in [0.1, 0.15) is 25.0 Å². The lowest BCUT2D eigenvalue weighted by atomic mass is 9.76. The summed E-state index contributed by atoms with van der Waals surface area (Å²) in [7, 11) is 0. The van der Waals surface area contributed by atoms with Crippen molar-refractivity contribution in [2.24, 2.45) is 0 Å². The topological polar surface area (TPSA) is 110 Å². The van der Waals surface area contributed by atoms with E-state index in [4.69, 9.17) is 9.47 Å². The highest BCUT2D eigenvalue weighted by Gasteiger charge is 2.62. The summed E-state index contributed by atoms with van der Waals surface area (Å²) in [5, 5.41) is 20.1. The van der Waals surface area contributed by atoms with Crippen LogP contribution in [0, 0.1) is 0 Å². The van der Waals surface area contributed by atoms with E-state index in [0.717, 1.165) is 0 Å². The van der Waals surface area contributed by atoms with Crippen molar-refractivity contribution in [3.8, 4) is 0 Å². The van der Waals surface area contributed by atoms with Crippen molar-refractivity contribution in [3.05, 3.63) is 71.8 Å². The lowest BCUT2D eigenvalue weighted by Crippen LogP contribution is -2.59. The van der Waals surface area contributed by atoms with Crippen LogP contribution in [0.2, 0.25) is 0 Å². The van der Waals surface area contributed by atoms with Crippen LogP contribution in [0.25, 0.3) is 0 Å². The number of ether oxygens (including phenoxy) is 2. The van der Waals surface area contributed by atoms with Gasteiger partial charge in [0.1, 0.15) is 0 Å². The van der Waals surface area contributed by atoms with Gasteiger partial charge in [-0.1, -0.05) is 60.7 Å². The van der Waals surface area contributed by atoms with Crippen LogP contribution in [-0.4, -0.2) is 41.1 Å². The van der Waals surface area contributed by atoms with Gasteiger partial charge in [-0.25, -0.2) is 9.59 Å². The summed E-state index contributed by atoms with van der Waals surface area (Å²) in [5.74, 6) is -4.47. The molecule has 0 fully saturated rings. The first-order valence-corrected chi connectivity index (χ1v) is 8.78. The van der Waals surface area contributed by atoms with Crippen LogP contribution in [0.5, 0.6) is 0 Å². The molecule has 2 N–H and O–H groups in total. The van der Waals surface area contributed by atoms with E-state index >= 15 is 0 Å². The lowest BCUT2D eigenvalue weighted by molar-refractivity contribution is -0.195. The molecule has 0 saturated carbocycles. The Balaban J connectivity index is 2.84. The molecule has 0 radical (unpaired) electrons. The number of carbonyl (C=O) groups excluding carboxylic acids is 1. The quantitative estimate of drug-likeness (QED) is 0.604. The molecule has 2 aromatic rings. The Labute approximate surface area is 162 Å². The predicted octanol–water partition coefficient (Wildman–Crippen LogP) is 2.59. The highest BCUT2D eigenvalue weighted by molar-refractivity contribution is 6.19. The molecule has 0 aliphatic heterocycles. The number of ketones is 1. The van der Waals surface area contributed by atoms with Crippen LogP contribution in [0.15, 0.2) is 60.7 Å². The van der Waals surface area contributed by atoms with Crippen molar-refractivity contribution in [1.82, 2.24) is 0 Å². The van der Waals surface area contributed by atoms with E-state index in [-0.39, 0.29) is 24.3 Å². The minimum atomic E-state index is -2.56. The van der Waals surface area contributed by atoms with E-state index in [0.29, 0.717) is 0 Å². The smallest absolute Gasteiger partial charge is 0.348 e. The molecule has 0 spiro atoms. The van der Waals surface area contributed by atoms with Crippen molar-refractivity contribution >= 4 is 17.7 Å². The third kappa shape index (κ3) is 3.42. The first kappa shape index (κ1) is 21.3. The largest absolute Gasteiger partial charge is 0.478 e. The predicted molar refractivity (Wildman–Crippen MR) is 99.8 cm³/mol. The summed E-state index contributed by atoms with van der Waals surface area (Å²) < 4.78 is 10.9. The summed E-state index contributed by atoms with van der Waals surface area (Å²) in [6, 6.07) is 15.1. The summed E-state index contributed by atoms with van der Waals surface area (Å²) in [6.07, 6.45) is 0. The van der Waals surface area contributed by atoms with Gasteiger partial charge in [0.05, 0.1) is 0 Å². The average molecular weight is 386 g/mol. The average Bonchev–Trinajstić information content (AvgIpc) is 2.70. The Kier molecular flexibility index (Phi) is 6.66. The molecule has 2 rings (SSSR count). The van der Waals surface area contributed by atoms with E-state index in [9.17, 15) is 24.6 Å². The number of benzene rings is 2. The van der Waals surface area contributed by atoms with Gasteiger partial charge in [-0.2, -0.15) is 0 Å². The number of hydrogen-bond acceptors (Lipinski definition) is 5. The first-order valence-electron chi connectivity index (χ1n) is 8.78. The van der Waals surface area contributed by atoms with E-state index in [1.54, 1.807) is 36.4 Å². The minimum absolute atomic E-state index is 0.00982. The zero-order chi connectivity index (χ0) is 20.8. The molecule has 0 aliphatic carbocycles. The molecule has 0 saturated heterocycles. The molecule has 2 atom stereocenters. The molecule has 0 aliphatic rings. The van der Waals surface area contributed by atoms with Crippen molar-refractivity contribution in [2.75, 3.05) is 13.2 Å². The third-order valence-corrected chi connectivity index (χ3v) is 4.32. The van der Waals surface area contributed by atoms with Crippen LogP contribution >= 0.6 is 0 Å². The van der Waals surface area contributed by atoms with Gasteiger partial charge < -0.3 is 19.7 Å². The third-order valence-electron chi connectivity index (χ3n) is 4.32. The molecule has 0 amide bonds. The standard InChI is InChI=1S/C21H22O7/c1-3-27-20(18(23)24,15-11-7-5-8-12-15)17(22)21(19(25)26,28-4-2)16-13-9-6-10-14-16/h5-14H,3-4H2,1-2H3,(H,23,24)(H,25,26). The van der Waals surface area contributed by atoms with E-state index in [1.165, 1.54) is 38.1 Å². The maximum atomic E-state index is 13.7. The van der Waals surface area contributed by atoms with Gasteiger partial charge in [-0.3, -0.25) is 4.79 Å². The molecule has 2 unspecified atom stereocenters. The zero-order valence-electron chi connectivity index (χ0n) is 15.6. The number of hydrogen-bond donors (Lipinski definition) is 2. The molecule has 2 aromatic carbocycles. The Bertz CT molecular complexity index is 765. The molecule has 0 heterocycles. The molecule has 7 heteroatoms. The number of Topliss-reactive ketones (excluding diaryl/α,β-unsaturated/α-hetero) is 1. The van der Waals surface area contributed by atoms with Crippen molar-refractivity contribution in [3.63, 3.8) is 0 Å². The fourth-order valence-corrected chi connectivity index (χ4v) is 3.15. The molecular weight excluding hydrogens is 364 g/mol. The molecule has 0 bridgehead atoms.